The predicted molar refractivity (Wildman–Crippen MR) is 65.7 cm³/mol. The quantitative estimate of drug-likeness (QED) is 0.843. The Kier molecular flexibility index (Phi) is 3.97. The SMILES string of the molecule is COc1cccc(CN2CCNCC2C#N)c1. The Morgan fingerprint density at radius 3 is 3.24 bits per heavy atom. The summed E-state index contributed by atoms with van der Waals surface area (Å²) in [6.45, 7) is 3.41. The summed E-state index contributed by atoms with van der Waals surface area (Å²) in [6, 6.07) is 10.3. The molecule has 90 valence electrons. The van der Waals surface area contributed by atoms with Gasteiger partial charge in [-0.3, -0.25) is 4.90 Å². The van der Waals surface area contributed by atoms with Crippen molar-refractivity contribution in [2.45, 2.75) is 12.6 Å². The molecule has 1 N–H and O–H groups in total. The Balaban J connectivity index is 2.06. The van der Waals surface area contributed by atoms with Crippen LogP contribution in [-0.2, 0) is 6.54 Å². The number of rotatable bonds is 3. The second-order valence-corrected chi connectivity index (χ2v) is 4.17. The van der Waals surface area contributed by atoms with Gasteiger partial charge in [-0.05, 0) is 17.7 Å². The van der Waals surface area contributed by atoms with Crippen LogP contribution in [0.1, 0.15) is 5.56 Å². The normalized spacial score (nSPS) is 20.8. The Morgan fingerprint density at radius 1 is 1.59 bits per heavy atom. The highest BCUT2D eigenvalue weighted by atomic mass is 16.5. The van der Waals surface area contributed by atoms with Gasteiger partial charge < -0.3 is 10.1 Å². The molecular formula is C13H17N3O. The van der Waals surface area contributed by atoms with Crippen LogP contribution in [-0.4, -0.2) is 37.7 Å². The summed E-state index contributed by atoms with van der Waals surface area (Å²) in [5.74, 6) is 0.867. The lowest BCUT2D eigenvalue weighted by atomic mass is 10.1. The summed E-state index contributed by atoms with van der Waals surface area (Å²) in [5, 5.41) is 12.3. The molecule has 0 aliphatic carbocycles. The van der Waals surface area contributed by atoms with Gasteiger partial charge in [0, 0.05) is 26.2 Å². The Bertz CT molecular complexity index is 413. The maximum Gasteiger partial charge on any atom is 0.119 e. The molecule has 0 aromatic heterocycles. The summed E-state index contributed by atoms with van der Waals surface area (Å²) < 4.78 is 5.20. The van der Waals surface area contributed by atoms with Crippen molar-refractivity contribution in [1.29, 1.82) is 5.26 Å². The van der Waals surface area contributed by atoms with Crippen LogP contribution in [0.2, 0.25) is 0 Å². The molecule has 17 heavy (non-hydrogen) atoms. The zero-order valence-corrected chi connectivity index (χ0v) is 10.0. The molecule has 0 amide bonds. The van der Waals surface area contributed by atoms with E-state index in [0.717, 1.165) is 31.9 Å². The average Bonchev–Trinajstić information content (AvgIpc) is 2.39. The van der Waals surface area contributed by atoms with E-state index >= 15 is 0 Å². The lowest BCUT2D eigenvalue weighted by Gasteiger charge is -2.31. The van der Waals surface area contributed by atoms with Gasteiger partial charge >= 0.3 is 0 Å². The second-order valence-electron chi connectivity index (χ2n) is 4.17. The lowest BCUT2D eigenvalue weighted by molar-refractivity contribution is 0.189. The van der Waals surface area contributed by atoms with Crippen molar-refractivity contribution in [3.8, 4) is 11.8 Å². The number of piperazine rings is 1. The van der Waals surface area contributed by atoms with Crippen molar-refractivity contribution in [1.82, 2.24) is 10.2 Å². The van der Waals surface area contributed by atoms with Gasteiger partial charge in [0.15, 0.2) is 0 Å². The Morgan fingerprint density at radius 2 is 2.47 bits per heavy atom. The van der Waals surface area contributed by atoms with Crippen molar-refractivity contribution in [3.63, 3.8) is 0 Å². The monoisotopic (exact) mass is 231 g/mol. The van der Waals surface area contributed by atoms with Crippen molar-refractivity contribution < 1.29 is 4.74 Å². The fourth-order valence-electron chi connectivity index (χ4n) is 2.07. The first-order valence-corrected chi connectivity index (χ1v) is 5.81. The van der Waals surface area contributed by atoms with E-state index in [1.165, 1.54) is 5.56 Å². The fraction of sp³-hybridized carbons (Fsp3) is 0.462. The largest absolute Gasteiger partial charge is 0.497 e. The molecule has 1 aliphatic rings. The number of nitrogens with one attached hydrogen (secondary N) is 1. The molecule has 1 aromatic carbocycles. The van der Waals surface area contributed by atoms with E-state index in [1.807, 2.05) is 18.2 Å². The third-order valence-corrected chi connectivity index (χ3v) is 3.02. The highest BCUT2D eigenvalue weighted by Gasteiger charge is 2.21. The number of methoxy groups -OCH3 is 1. The first-order chi connectivity index (χ1) is 8.33. The van der Waals surface area contributed by atoms with Gasteiger partial charge in [-0.15, -0.1) is 0 Å². The van der Waals surface area contributed by atoms with Crippen LogP contribution in [0.5, 0.6) is 5.75 Å². The highest BCUT2D eigenvalue weighted by Crippen LogP contribution is 2.16. The standard InChI is InChI=1S/C13H17N3O/c1-17-13-4-2-3-11(7-13)10-16-6-5-15-9-12(16)8-14/h2-4,7,12,15H,5-6,9-10H2,1H3. The Labute approximate surface area is 102 Å². The van der Waals surface area contributed by atoms with Crippen LogP contribution in [0, 0.1) is 11.3 Å². The first-order valence-electron chi connectivity index (χ1n) is 5.81. The topological polar surface area (TPSA) is 48.3 Å². The van der Waals surface area contributed by atoms with Crippen molar-refractivity contribution in [3.05, 3.63) is 29.8 Å². The van der Waals surface area contributed by atoms with Crippen LogP contribution < -0.4 is 10.1 Å². The molecule has 0 spiro atoms. The van der Waals surface area contributed by atoms with E-state index in [4.69, 9.17) is 10.00 Å². The van der Waals surface area contributed by atoms with E-state index in [9.17, 15) is 0 Å². The van der Waals surface area contributed by atoms with Gasteiger partial charge in [-0.1, -0.05) is 12.1 Å². The smallest absolute Gasteiger partial charge is 0.119 e. The third kappa shape index (κ3) is 2.96. The lowest BCUT2D eigenvalue weighted by Crippen LogP contribution is -2.49. The van der Waals surface area contributed by atoms with Gasteiger partial charge in [-0.2, -0.15) is 5.26 Å². The number of nitriles is 1. The number of benzene rings is 1. The summed E-state index contributed by atoms with van der Waals surface area (Å²) in [4.78, 5) is 2.20. The van der Waals surface area contributed by atoms with Gasteiger partial charge in [0.1, 0.15) is 11.8 Å². The zero-order chi connectivity index (χ0) is 12.1. The number of ether oxygens (including phenoxy) is 1. The van der Waals surface area contributed by atoms with Crippen LogP contribution in [0.3, 0.4) is 0 Å². The van der Waals surface area contributed by atoms with Crippen molar-refractivity contribution >= 4 is 0 Å². The number of hydrogen-bond acceptors (Lipinski definition) is 4. The maximum atomic E-state index is 9.08. The molecule has 1 aliphatic heterocycles. The summed E-state index contributed by atoms with van der Waals surface area (Å²) in [6.07, 6.45) is 0. The molecule has 4 nitrogen and oxygen atoms in total. The van der Waals surface area contributed by atoms with Crippen LogP contribution in [0.15, 0.2) is 24.3 Å². The summed E-state index contributed by atoms with van der Waals surface area (Å²) in [5.41, 5.74) is 1.19. The highest BCUT2D eigenvalue weighted by molar-refractivity contribution is 5.28. The summed E-state index contributed by atoms with van der Waals surface area (Å²) in [7, 11) is 1.67. The fourth-order valence-corrected chi connectivity index (χ4v) is 2.07. The minimum Gasteiger partial charge on any atom is -0.497 e. The summed E-state index contributed by atoms with van der Waals surface area (Å²) >= 11 is 0. The molecule has 1 saturated heterocycles. The molecular weight excluding hydrogens is 214 g/mol. The van der Waals surface area contributed by atoms with E-state index < -0.39 is 0 Å². The van der Waals surface area contributed by atoms with E-state index in [0.29, 0.717) is 0 Å². The molecule has 1 heterocycles. The van der Waals surface area contributed by atoms with Crippen molar-refractivity contribution in [2.24, 2.45) is 0 Å². The van der Waals surface area contributed by atoms with Crippen LogP contribution in [0.4, 0.5) is 0 Å². The van der Waals surface area contributed by atoms with Crippen molar-refractivity contribution in [2.75, 3.05) is 26.7 Å². The predicted octanol–water partition coefficient (Wildman–Crippen LogP) is 0.993. The Hall–Kier alpha value is -1.57. The van der Waals surface area contributed by atoms with Crippen LogP contribution >= 0.6 is 0 Å². The van der Waals surface area contributed by atoms with E-state index in [1.54, 1.807) is 7.11 Å². The van der Waals surface area contributed by atoms with Gasteiger partial charge in [0.05, 0.1) is 13.2 Å². The molecule has 1 aromatic rings. The number of nitrogens with zero attached hydrogens (tertiary/aromatic N) is 2. The molecule has 0 bridgehead atoms. The second kappa shape index (κ2) is 5.67. The molecule has 2 rings (SSSR count). The first kappa shape index (κ1) is 11.9. The minimum atomic E-state index is -0.0325. The number of hydrogen-bond donors (Lipinski definition) is 1. The zero-order valence-electron chi connectivity index (χ0n) is 10.0. The molecule has 4 heteroatoms. The molecule has 1 atom stereocenters. The molecule has 0 saturated carbocycles. The van der Waals surface area contributed by atoms with E-state index in [-0.39, 0.29) is 6.04 Å². The van der Waals surface area contributed by atoms with Gasteiger partial charge in [-0.25, -0.2) is 0 Å². The molecule has 1 unspecified atom stereocenters. The molecule has 0 radical (unpaired) electrons. The van der Waals surface area contributed by atoms with Gasteiger partial charge in [0.2, 0.25) is 0 Å². The maximum absolute atomic E-state index is 9.08. The van der Waals surface area contributed by atoms with E-state index in [2.05, 4.69) is 22.4 Å². The molecule has 1 fully saturated rings. The third-order valence-electron chi connectivity index (χ3n) is 3.02. The minimum absolute atomic E-state index is 0.0325. The van der Waals surface area contributed by atoms with Crippen LogP contribution in [0.25, 0.3) is 0 Å². The van der Waals surface area contributed by atoms with Gasteiger partial charge in [0.25, 0.3) is 0 Å². The average molecular weight is 231 g/mol.